The molecule has 0 bridgehead atoms. The summed E-state index contributed by atoms with van der Waals surface area (Å²) in [6.07, 6.45) is 1.60. The number of nitrogens with one attached hydrogen (secondary N) is 1. The number of aryl methyl sites for hydroxylation is 1. The van der Waals surface area contributed by atoms with Crippen molar-refractivity contribution in [3.8, 4) is 0 Å². The molecule has 1 aromatic rings. The van der Waals surface area contributed by atoms with E-state index in [4.69, 9.17) is 5.73 Å². The van der Waals surface area contributed by atoms with Crippen LogP contribution in [0.1, 0.15) is 33.5 Å². The van der Waals surface area contributed by atoms with Gasteiger partial charge in [-0.2, -0.15) is 5.10 Å². The van der Waals surface area contributed by atoms with Crippen molar-refractivity contribution in [2.75, 3.05) is 0 Å². The standard InChI is InChI=1S/C11H21N5O/c1-10(2,11(3,4)12)9(17)13-6-8-14-7-16(5)15-8/h7H,6,12H2,1-5H3,(H,13,17). The van der Waals surface area contributed by atoms with E-state index in [1.54, 1.807) is 18.1 Å². The van der Waals surface area contributed by atoms with E-state index in [1.165, 1.54) is 0 Å². The first-order valence-corrected chi connectivity index (χ1v) is 5.56. The molecule has 1 amide bonds. The molecule has 17 heavy (non-hydrogen) atoms. The molecule has 0 fully saturated rings. The molecule has 3 N–H and O–H groups in total. The molecule has 0 saturated carbocycles. The molecule has 0 aromatic carbocycles. The number of nitrogens with zero attached hydrogens (tertiary/aromatic N) is 3. The highest BCUT2D eigenvalue weighted by Crippen LogP contribution is 2.28. The van der Waals surface area contributed by atoms with E-state index in [1.807, 2.05) is 27.7 Å². The number of hydrogen-bond acceptors (Lipinski definition) is 4. The molecule has 0 radical (unpaired) electrons. The fourth-order valence-corrected chi connectivity index (χ4v) is 1.14. The Bertz CT molecular complexity index is 402. The van der Waals surface area contributed by atoms with Crippen molar-refractivity contribution in [1.82, 2.24) is 20.1 Å². The summed E-state index contributed by atoms with van der Waals surface area (Å²) in [6.45, 7) is 7.65. The maximum absolute atomic E-state index is 12.0. The number of amides is 1. The molecular weight excluding hydrogens is 218 g/mol. The minimum absolute atomic E-state index is 0.0996. The van der Waals surface area contributed by atoms with Crippen LogP contribution in [0.4, 0.5) is 0 Å². The Hall–Kier alpha value is -1.43. The number of rotatable bonds is 4. The van der Waals surface area contributed by atoms with Gasteiger partial charge in [0, 0.05) is 12.6 Å². The van der Waals surface area contributed by atoms with Crippen molar-refractivity contribution in [2.24, 2.45) is 18.2 Å². The average molecular weight is 239 g/mol. The van der Waals surface area contributed by atoms with Crippen LogP contribution in [0.3, 0.4) is 0 Å². The Morgan fingerprint density at radius 2 is 2.06 bits per heavy atom. The first-order chi connectivity index (χ1) is 7.64. The Morgan fingerprint density at radius 3 is 2.47 bits per heavy atom. The Morgan fingerprint density at radius 1 is 1.47 bits per heavy atom. The quantitative estimate of drug-likeness (QED) is 0.785. The number of nitrogens with two attached hydrogens (primary N) is 1. The third-order valence-corrected chi connectivity index (χ3v) is 3.23. The second-order valence-corrected chi connectivity index (χ2v) is 5.36. The van der Waals surface area contributed by atoms with Crippen LogP contribution in [0, 0.1) is 5.41 Å². The smallest absolute Gasteiger partial charge is 0.227 e. The third kappa shape index (κ3) is 3.03. The summed E-state index contributed by atoms with van der Waals surface area (Å²) in [5, 5.41) is 6.89. The lowest BCUT2D eigenvalue weighted by molar-refractivity contribution is -0.132. The minimum atomic E-state index is -0.651. The minimum Gasteiger partial charge on any atom is -0.348 e. The number of carbonyl (C=O) groups is 1. The van der Waals surface area contributed by atoms with Crippen LogP contribution in [0.2, 0.25) is 0 Å². The summed E-state index contributed by atoms with van der Waals surface area (Å²) >= 11 is 0. The lowest BCUT2D eigenvalue weighted by atomic mass is 9.74. The summed E-state index contributed by atoms with van der Waals surface area (Å²) in [7, 11) is 1.78. The van der Waals surface area contributed by atoms with Gasteiger partial charge in [0.1, 0.15) is 6.33 Å². The molecule has 6 heteroatoms. The summed E-state index contributed by atoms with van der Waals surface area (Å²) in [6, 6.07) is 0. The van der Waals surface area contributed by atoms with Gasteiger partial charge >= 0.3 is 0 Å². The molecule has 0 aliphatic heterocycles. The summed E-state index contributed by atoms with van der Waals surface area (Å²) in [4.78, 5) is 16.1. The predicted octanol–water partition coefficient (Wildman–Crippen LogP) is 0.195. The Balaban J connectivity index is 2.61. The molecule has 6 nitrogen and oxygen atoms in total. The highest BCUT2D eigenvalue weighted by atomic mass is 16.2. The van der Waals surface area contributed by atoms with Crippen LogP contribution in [0.25, 0.3) is 0 Å². The first-order valence-electron chi connectivity index (χ1n) is 5.56. The SMILES string of the molecule is Cn1cnc(CNC(=O)C(C)(C)C(C)(C)N)n1. The maximum atomic E-state index is 12.0. The van der Waals surface area contributed by atoms with E-state index in [0.29, 0.717) is 12.4 Å². The van der Waals surface area contributed by atoms with Gasteiger partial charge in [0.2, 0.25) is 5.91 Å². The van der Waals surface area contributed by atoms with Gasteiger partial charge in [-0.25, -0.2) is 4.98 Å². The topological polar surface area (TPSA) is 85.8 Å². The third-order valence-electron chi connectivity index (χ3n) is 3.23. The number of carbonyl (C=O) groups excluding carboxylic acids is 1. The van der Waals surface area contributed by atoms with Crippen molar-refractivity contribution in [2.45, 2.75) is 39.8 Å². The molecule has 1 heterocycles. The van der Waals surface area contributed by atoms with Crippen LogP contribution in [0.5, 0.6) is 0 Å². The lowest BCUT2D eigenvalue weighted by Gasteiger charge is -2.36. The average Bonchev–Trinajstić information content (AvgIpc) is 2.58. The molecule has 0 aliphatic rings. The monoisotopic (exact) mass is 239 g/mol. The van der Waals surface area contributed by atoms with Crippen LogP contribution >= 0.6 is 0 Å². The van der Waals surface area contributed by atoms with E-state index in [-0.39, 0.29) is 5.91 Å². The second kappa shape index (κ2) is 4.44. The highest BCUT2D eigenvalue weighted by Gasteiger charge is 2.40. The molecule has 0 unspecified atom stereocenters. The maximum Gasteiger partial charge on any atom is 0.227 e. The van der Waals surface area contributed by atoms with Gasteiger partial charge in [0.15, 0.2) is 5.82 Å². The van der Waals surface area contributed by atoms with Gasteiger partial charge in [-0.15, -0.1) is 0 Å². The zero-order chi connectivity index (χ0) is 13.3. The zero-order valence-corrected chi connectivity index (χ0v) is 11.1. The normalized spacial score (nSPS) is 12.6. The lowest BCUT2D eigenvalue weighted by Crippen LogP contribution is -2.55. The fraction of sp³-hybridized carbons (Fsp3) is 0.727. The van der Waals surface area contributed by atoms with E-state index in [2.05, 4.69) is 15.4 Å². The van der Waals surface area contributed by atoms with Crippen LogP contribution < -0.4 is 11.1 Å². The molecule has 1 rings (SSSR count). The van der Waals surface area contributed by atoms with E-state index < -0.39 is 11.0 Å². The van der Waals surface area contributed by atoms with Gasteiger partial charge in [-0.1, -0.05) is 0 Å². The number of aromatic nitrogens is 3. The van der Waals surface area contributed by atoms with Crippen molar-refractivity contribution in [3.63, 3.8) is 0 Å². The van der Waals surface area contributed by atoms with Crippen LogP contribution in [0.15, 0.2) is 6.33 Å². The summed E-state index contributed by atoms with van der Waals surface area (Å²) in [5.74, 6) is 0.490. The van der Waals surface area contributed by atoms with Gasteiger partial charge in [-0.3, -0.25) is 9.48 Å². The van der Waals surface area contributed by atoms with Crippen LogP contribution in [-0.4, -0.2) is 26.2 Å². The molecule has 96 valence electrons. The molecule has 0 aliphatic carbocycles. The number of hydrogen-bond donors (Lipinski definition) is 2. The highest BCUT2D eigenvalue weighted by molar-refractivity contribution is 5.83. The van der Waals surface area contributed by atoms with E-state index in [9.17, 15) is 4.79 Å². The zero-order valence-electron chi connectivity index (χ0n) is 11.1. The summed E-state index contributed by atoms with van der Waals surface area (Å²) in [5.41, 5.74) is 4.75. The van der Waals surface area contributed by atoms with Crippen LogP contribution in [-0.2, 0) is 18.4 Å². The van der Waals surface area contributed by atoms with Crippen molar-refractivity contribution in [1.29, 1.82) is 0 Å². The van der Waals surface area contributed by atoms with Crippen molar-refractivity contribution < 1.29 is 4.79 Å². The van der Waals surface area contributed by atoms with E-state index >= 15 is 0 Å². The van der Waals surface area contributed by atoms with Gasteiger partial charge in [-0.05, 0) is 27.7 Å². The molecule has 0 saturated heterocycles. The Labute approximate surface area is 102 Å². The van der Waals surface area contributed by atoms with Gasteiger partial charge < -0.3 is 11.1 Å². The molecule has 1 aromatic heterocycles. The van der Waals surface area contributed by atoms with Crippen molar-refractivity contribution in [3.05, 3.63) is 12.2 Å². The first kappa shape index (κ1) is 13.6. The van der Waals surface area contributed by atoms with Gasteiger partial charge in [0.25, 0.3) is 0 Å². The molecule has 0 atom stereocenters. The molecular formula is C11H21N5O. The fourth-order valence-electron chi connectivity index (χ4n) is 1.14. The predicted molar refractivity (Wildman–Crippen MR) is 64.9 cm³/mol. The Kier molecular flexibility index (Phi) is 3.56. The van der Waals surface area contributed by atoms with E-state index in [0.717, 1.165) is 0 Å². The van der Waals surface area contributed by atoms with Gasteiger partial charge in [0.05, 0.1) is 12.0 Å². The van der Waals surface area contributed by atoms with Crippen molar-refractivity contribution >= 4 is 5.91 Å². The summed E-state index contributed by atoms with van der Waals surface area (Å²) < 4.78 is 1.60. The molecule has 0 spiro atoms. The largest absolute Gasteiger partial charge is 0.348 e. The second-order valence-electron chi connectivity index (χ2n) is 5.36.